The molecule has 4 nitrogen and oxygen atoms in total. The van der Waals surface area contributed by atoms with Gasteiger partial charge >= 0.3 is 6.09 Å². The number of amides is 1. The van der Waals surface area contributed by atoms with Crippen molar-refractivity contribution in [3.8, 4) is 0 Å². The Kier molecular flexibility index (Phi) is 5.24. The molecule has 2 aliphatic heterocycles. The Morgan fingerprint density at radius 3 is 2.40 bits per heavy atom. The zero-order valence-corrected chi connectivity index (χ0v) is 14.0. The Bertz CT molecular complexity index is 335. The van der Waals surface area contributed by atoms with Crippen molar-refractivity contribution in [1.29, 1.82) is 0 Å². The van der Waals surface area contributed by atoms with Crippen LogP contribution in [0.25, 0.3) is 0 Å². The molecule has 0 spiro atoms. The van der Waals surface area contributed by atoms with Crippen LogP contribution >= 0.6 is 11.8 Å². The van der Waals surface area contributed by atoms with Crippen molar-refractivity contribution in [3.05, 3.63) is 0 Å². The number of nitrogens with one attached hydrogen (secondary N) is 1. The van der Waals surface area contributed by atoms with Crippen molar-refractivity contribution in [3.63, 3.8) is 0 Å². The van der Waals surface area contributed by atoms with Gasteiger partial charge in [0.25, 0.3) is 0 Å². The van der Waals surface area contributed by atoms with E-state index in [9.17, 15) is 4.79 Å². The Morgan fingerprint density at radius 1 is 1.25 bits per heavy atom. The average molecular weight is 300 g/mol. The SMILES string of the molecule is CC1SCCC1NC1CCN(C(=O)OC(C)(C)C)CC1. The number of hydrogen-bond donors (Lipinski definition) is 1. The van der Waals surface area contributed by atoms with Crippen LogP contribution in [-0.2, 0) is 4.74 Å². The zero-order chi connectivity index (χ0) is 14.8. The molecule has 0 saturated carbocycles. The Balaban J connectivity index is 1.73. The van der Waals surface area contributed by atoms with Crippen molar-refractivity contribution in [2.24, 2.45) is 0 Å². The van der Waals surface area contributed by atoms with Gasteiger partial charge in [-0.3, -0.25) is 0 Å². The van der Waals surface area contributed by atoms with Crippen LogP contribution in [0.5, 0.6) is 0 Å². The fourth-order valence-electron chi connectivity index (χ4n) is 2.81. The van der Waals surface area contributed by atoms with Crippen LogP contribution in [0, 0.1) is 0 Å². The minimum Gasteiger partial charge on any atom is -0.444 e. The number of piperidine rings is 1. The van der Waals surface area contributed by atoms with Gasteiger partial charge in [-0.25, -0.2) is 4.79 Å². The van der Waals surface area contributed by atoms with Gasteiger partial charge in [0.15, 0.2) is 0 Å². The fourth-order valence-corrected chi connectivity index (χ4v) is 4.02. The fraction of sp³-hybridized carbons (Fsp3) is 0.933. The number of thioether (sulfide) groups is 1. The van der Waals surface area contributed by atoms with Crippen molar-refractivity contribution in [2.75, 3.05) is 18.8 Å². The lowest BCUT2D eigenvalue weighted by molar-refractivity contribution is 0.0196. The summed E-state index contributed by atoms with van der Waals surface area (Å²) in [7, 11) is 0. The highest BCUT2D eigenvalue weighted by Gasteiger charge is 2.30. The number of nitrogens with zero attached hydrogens (tertiary/aromatic N) is 1. The topological polar surface area (TPSA) is 41.6 Å². The van der Waals surface area contributed by atoms with Crippen LogP contribution in [0.15, 0.2) is 0 Å². The van der Waals surface area contributed by atoms with E-state index in [1.54, 1.807) is 0 Å². The molecule has 2 fully saturated rings. The normalized spacial score (nSPS) is 28.7. The van der Waals surface area contributed by atoms with E-state index in [1.165, 1.54) is 12.2 Å². The number of likely N-dealkylation sites (tertiary alicyclic amines) is 1. The van der Waals surface area contributed by atoms with Gasteiger partial charge in [0.2, 0.25) is 0 Å². The molecule has 0 aromatic heterocycles. The first-order valence-corrected chi connectivity index (χ1v) is 8.75. The van der Waals surface area contributed by atoms with Gasteiger partial charge in [-0.1, -0.05) is 6.92 Å². The number of hydrogen-bond acceptors (Lipinski definition) is 4. The smallest absolute Gasteiger partial charge is 0.410 e. The molecular formula is C15H28N2O2S. The van der Waals surface area contributed by atoms with Crippen LogP contribution in [0.3, 0.4) is 0 Å². The van der Waals surface area contributed by atoms with Gasteiger partial charge in [-0.05, 0) is 45.8 Å². The van der Waals surface area contributed by atoms with Gasteiger partial charge in [0.1, 0.15) is 5.60 Å². The van der Waals surface area contributed by atoms with E-state index >= 15 is 0 Å². The Hall–Kier alpha value is -0.420. The standard InChI is InChI=1S/C15H28N2O2S/c1-11-13(7-10-20-11)16-12-5-8-17(9-6-12)14(18)19-15(2,3)4/h11-13,16H,5-10H2,1-4H3. The molecule has 2 saturated heterocycles. The molecule has 0 radical (unpaired) electrons. The highest BCUT2D eigenvalue weighted by atomic mass is 32.2. The molecule has 0 bridgehead atoms. The van der Waals surface area contributed by atoms with Gasteiger partial charge < -0.3 is 15.0 Å². The first kappa shape index (κ1) is 16.0. The number of ether oxygens (including phenoxy) is 1. The van der Waals surface area contributed by atoms with E-state index < -0.39 is 5.60 Å². The molecule has 0 aromatic rings. The second-order valence-electron chi connectivity index (χ2n) is 6.88. The second-order valence-corrected chi connectivity index (χ2v) is 8.36. The summed E-state index contributed by atoms with van der Waals surface area (Å²) < 4.78 is 5.43. The largest absolute Gasteiger partial charge is 0.444 e. The van der Waals surface area contributed by atoms with E-state index in [4.69, 9.17) is 4.74 Å². The monoisotopic (exact) mass is 300 g/mol. The maximum absolute atomic E-state index is 12.0. The average Bonchev–Trinajstić information content (AvgIpc) is 2.74. The van der Waals surface area contributed by atoms with Crippen molar-refractivity contribution in [1.82, 2.24) is 10.2 Å². The van der Waals surface area contributed by atoms with Gasteiger partial charge in [0.05, 0.1) is 0 Å². The van der Waals surface area contributed by atoms with Gasteiger partial charge in [-0.15, -0.1) is 0 Å². The quantitative estimate of drug-likeness (QED) is 0.851. The lowest BCUT2D eigenvalue weighted by atomic mass is 10.0. The summed E-state index contributed by atoms with van der Waals surface area (Å²) in [6.07, 6.45) is 3.18. The molecule has 2 rings (SSSR count). The summed E-state index contributed by atoms with van der Waals surface area (Å²) in [5, 5.41) is 4.50. The summed E-state index contributed by atoms with van der Waals surface area (Å²) in [5.41, 5.74) is -0.400. The van der Waals surface area contributed by atoms with Crippen LogP contribution in [-0.4, -0.2) is 52.8 Å². The minimum atomic E-state index is -0.400. The van der Waals surface area contributed by atoms with E-state index in [2.05, 4.69) is 24.0 Å². The third kappa shape index (κ3) is 4.55. The Labute approximate surface area is 127 Å². The molecule has 1 N–H and O–H groups in total. The molecular weight excluding hydrogens is 272 g/mol. The molecule has 2 atom stereocenters. The minimum absolute atomic E-state index is 0.166. The summed E-state index contributed by atoms with van der Waals surface area (Å²) in [6.45, 7) is 9.67. The van der Waals surface area contributed by atoms with Crippen LogP contribution in [0.4, 0.5) is 4.79 Å². The second kappa shape index (κ2) is 6.56. The first-order chi connectivity index (χ1) is 9.35. The van der Waals surface area contributed by atoms with E-state index in [0.29, 0.717) is 12.1 Å². The molecule has 116 valence electrons. The zero-order valence-electron chi connectivity index (χ0n) is 13.1. The predicted octanol–water partition coefficient (Wildman–Crippen LogP) is 2.87. The molecule has 20 heavy (non-hydrogen) atoms. The molecule has 2 unspecified atom stereocenters. The molecule has 5 heteroatoms. The van der Waals surface area contributed by atoms with E-state index in [-0.39, 0.29) is 6.09 Å². The molecule has 1 amide bonds. The lowest BCUT2D eigenvalue weighted by Crippen LogP contribution is -2.49. The molecule has 2 aliphatic rings. The lowest BCUT2D eigenvalue weighted by Gasteiger charge is -2.35. The van der Waals surface area contributed by atoms with Crippen LogP contribution < -0.4 is 5.32 Å². The summed E-state index contributed by atoms with van der Waals surface area (Å²) in [5.74, 6) is 1.27. The molecule has 2 heterocycles. The van der Waals surface area contributed by atoms with Gasteiger partial charge in [0, 0.05) is 30.4 Å². The maximum atomic E-state index is 12.0. The summed E-state index contributed by atoms with van der Waals surface area (Å²) >= 11 is 2.06. The Morgan fingerprint density at radius 2 is 1.90 bits per heavy atom. The summed E-state index contributed by atoms with van der Waals surface area (Å²) in [6, 6.07) is 1.21. The van der Waals surface area contributed by atoms with Gasteiger partial charge in [-0.2, -0.15) is 11.8 Å². The summed E-state index contributed by atoms with van der Waals surface area (Å²) in [4.78, 5) is 13.8. The van der Waals surface area contributed by atoms with Crippen molar-refractivity contribution >= 4 is 17.9 Å². The van der Waals surface area contributed by atoms with E-state index in [1.807, 2.05) is 25.7 Å². The van der Waals surface area contributed by atoms with Crippen molar-refractivity contribution < 1.29 is 9.53 Å². The number of rotatable bonds is 2. The number of carbonyl (C=O) groups is 1. The van der Waals surface area contributed by atoms with E-state index in [0.717, 1.165) is 31.2 Å². The maximum Gasteiger partial charge on any atom is 0.410 e. The molecule has 0 aliphatic carbocycles. The number of carbonyl (C=O) groups excluding carboxylic acids is 1. The highest BCUT2D eigenvalue weighted by molar-refractivity contribution is 8.00. The first-order valence-electron chi connectivity index (χ1n) is 7.71. The van der Waals surface area contributed by atoms with Crippen molar-refractivity contribution in [2.45, 2.75) is 69.9 Å². The predicted molar refractivity (Wildman–Crippen MR) is 84.3 cm³/mol. The van der Waals surface area contributed by atoms with Crippen LogP contribution in [0.2, 0.25) is 0 Å². The third-order valence-corrected chi connectivity index (χ3v) is 5.30. The molecule has 0 aromatic carbocycles. The van der Waals surface area contributed by atoms with Crippen LogP contribution in [0.1, 0.15) is 47.0 Å². The highest BCUT2D eigenvalue weighted by Crippen LogP contribution is 2.27. The third-order valence-electron chi connectivity index (χ3n) is 3.97.